The molecule has 0 atom stereocenters. The van der Waals surface area contributed by atoms with Gasteiger partial charge in [-0.25, -0.2) is 0 Å². The van der Waals surface area contributed by atoms with Gasteiger partial charge in [0.1, 0.15) is 0 Å². The molecular formula is As4Ba3O22U3. The van der Waals surface area contributed by atoms with Crippen molar-refractivity contribution in [1.82, 2.24) is 0 Å². The fourth-order valence-corrected chi connectivity index (χ4v) is 0. The minimum atomic E-state index is -5.88. The summed E-state index contributed by atoms with van der Waals surface area (Å²) in [6.07, 6.45) is 0. The Morgan fingerprint density at radius 3 is 0.312 bits per heavy atom. The van der Waals surface area contributed by atoms with Gasteiger partial charge in [-0.3, -0.25) is 0 Å². The summed E-state index contributed by atoms with van der Waals surface area (Å²) in [5.74, 6) is 0. The molecule has 0 spiro atoms. The van der Waals surface area contributed by atoms with E-state index in [4.69, 9.17) is 77.5 Å². The van der Waals surface area contributed by atoms with Gasteiger partial charge in [0, 0.05) is 0 Å². The molecule has 0 heterocycles. The molecule has 22 nitrogen and oxygen atoms in total. The van der Waals surface area contributed by atoms with Crippen molar-refractivity contribution >= 4 is 205 Å². The third-order valence-electron chi connectivity index (χ3n) is 0. The average molecular weight is 1780 g/mol. The summed E-state index contributed by atoms with van der Waals surface area (Å²) in [5.41, 5.74) is 0. The maximum absolute atomic E-state index is 8.61. The Hall–Kier alpha value is 7.62. The molecule has 0 fully saturated rings. The van der Waals surface area contributed by atoms with Crippen LogP contribution in [0.2, 0.25) is 0 Å². The molecule has 0 N–H and O–H groups in total. The predicted molar refractivity (Wildman–Crippen MR) is 47.1 cm³/mol. The topological polar surface area (TPSA) is 447 Å². The Labute approximate surface area is 354 Å². The molecular weight excluding hydrogens is 1780 g/mol. The van der Waals surface area contributed by atoms with Gasteiger partial charge in [-0.1, -0.05) is 0 Å². The zero-order valence-electron chi connectivity index (χ0n) is 14.4. The van der Waals surface area contributed by atoms with Crippen LogP contribution in [0.4, 0.5) is 0 Å². The quantitative estimate of drug-likeness (QED) is 0.203. The van der Waals surface area contributed by atoms with Crippen molar-refractivity contribution in [1.29, 1.82) is 0 Å². The molecule has 32 heteroatoms. The first-order chi connectivity index (χ1) is 12.2. The van der Waals surface area contributed by atoms with E-state index in [0.29, 0.717) is 0 Å². The minimum absolute atomic E-state index is 0. The second-order valence-electron chi connectivity index (χ2n) is 2.04. The van der Waals surface area contributed by atoms with Crippen LogP contribution in [0, 0.1) is 83.5 Å². The molecule has 0 saturated heterocycles. The van der Waals surface area contributed by atoms with E-state index in [1.165, 1.54) is 0 Å². The van der Waals surface area contributed by atoms with Crippen LogP contribution in [0.15, 0.2) is 0 Å². The van der Waals surface area contributed by atoms with Crippen LogP contribution in [0.3, 0.4) is 0 Å². The van der Waals surface area contributed by atoms with Crippen LogP contribution in [-0.4, -0.2) is 205 Å². The molecule has 0 amide bonds. The standard InChI is InChI=1S/4AsH3O4.3Ba.6O.3U/c4*2-1(3,4)5;;;;;;;;;;;;/h4*(H3,2,3,4,5);;;;;;;;;;;;/q;;;;3*+2;;;;;;;3*+2/p-12. The Morgan fingerprint density at radius 1 is 0.312 bits per heavy atom. The molecule has 0 saturated carbocycles. The van der Waals surface area contributed by atoms with Gasteiger partial charge in [0.15, 0.2) is 0 Å². The normalized spacial score (nSPS) is 8.12. The molecule has 0 aromatic rings. The Bertz CT molecular complexity index is 504. The molecule has 0 rings (SSSR count). The Morgan fingerprint density at radius 2 is 0.312 bits per heavy atom. The van der Waals surface area contributed by atoms with E-state index in [1.54, 1.807) is 0 Å². The van der Waals surface area contributed by atoms with Gasteiger partial charge < -0.3 is 0 Å². The van der Waals surface area contributed by atoms with Crippen molar-refractivity contribution in [2.45, 2.75) is 0 Å². The summed E-state index contributed by atoms with van der Waals surface area (Å²) in [6.45, 7) is 0. The van der Waals surface area contributed by atoms with E-state index >= 15 is 0 Å². The van der Waals surface area contributed by atoms with Crippen molar-refractivity contribution < 1.29 is 161 Å². The summed E-state index contributed by atoms with van der Waals surface area (Å²) >= 11 is -31.0. The molecule has 0 aliphatic heterocycles. The van der Waals surface area contributed by atoms with Crippen LogP contribution in [0.1, 0.15) is 0 Å². The zero-order valence-corrected chi connectivity index (χ0v) is 47.7. The molecule has 0 aliphatic rings. The monoisotopic (exact) mass is 1780 g/mol. The van der Waals surface area contributed by atoms with Crippen molar-refractivity contribution in [3.8, 4) is 0 Å². The fourth-order valence-electron chi connectivity index (χ4n) is 0. The second kappa shape index (κ2) is 45.6. The summed E-state index contributed by atoms with van der Waals surface area (Å²) < 4.78 is 189. The molecule has 170 valence electrons. The van der Waals surface area contributed by atoms with Crippen LogP contribution in [0.25, 0.3) is 0 Å². The average Bonchev–Trinajstić information content (AvgIpc) is 2.20. The van der Waals surface area contributed by atoms with Crippen molar-refractivity contribution in [3.05, 3.63) is 0 Å². The van der Waals surface area contributed by atoms with E-state index in [1.807, 2.05) is 0 Å². The van der Waals surface area contributed by atoms with Gasteiger partial charge >= 0.3 is 366 Å². The molecule has 32 heavy (non-hydrogen) atoms. The van der Waals surface area contributed by atoms with Gasteiger partial charge in [0.2, 0.25) is 0 Å². The summed E-state index contributed by atoms with van der Waals surface area (Å²) in [7, 11) is 0. The SMILES string of the molecule is O=[As]([O-])([O-])[O-].O=[As]([O-])([O-])[O-].O=[As]([O-])([O-])[O-].O=[As]([O-])([O-])[O-].[Ba+2].[Ba+2].[Ba+2].[O]=[U+2]=[O].[O]=[U+2]=[O].[O]=[U+2]=[O]. The third-order valence-corrected chi connectivity index (χ3v) is 0. The van der Waals surface area contributed by atoms with Crippen molar-refractivity contribution in [2.75, 3.05) is 0 Å². The number of hydrogen-bond donors (Lipinski definition) is 0. The molecule has 0 radical (unpaired) electrons. The van der Waals surface area contributed by atoms with E-state index in [9.17, 15) is 0 Å². The van der Waals surface area contributed by atoms with Crippen molar-refractivity contribution in [3.63, 3.8) is 0 Å². The summed E-state index contributed by atoms with van der Waals surface area (Å²) in [4.78, 5) is 0. The molecule has 0 aliphatic carbocycles. The molecule has 0 aromatic heterocycles. The maximum atomic E-state index is 8.61. The van der Waals surface area contributed by atoms with E-state index in [2.05, 4.69) is 0 Å². The summed E-state index contributed by atoms with van der Waals surface area (Å²) in [6, 6.07) is 0. The third kappa shape index (κ3) is 868. The number of rotatable bonds is 0. The van der Waals surface area contributed by atoms with Gasteiger partial charge in [0.25, 0.3) is 0 Å². The van der Waals surface area contributed by atoms with Gasteiger partial charge in [-0.2, -0.15) is 0 Å². The first kappa shape index (κ1) is 67.4. The van der Waals surface area contributed by atoms with Crippen molar-refractivity contribution in [2.24, 2.45) is 0 Å². The predicted octanol–water partition coefficient (Wildman–Crippen LogP) is -18.1. The molecule has 0 unspecified atom stereocenters. The Kier molecular flexibility index (Phi) is 96.0. The van der Waals surface area contributed by atoms with Gasteiger partial charge in [0.05, 0.1) is 0 Å². The van der Waals surface area contributed by atoms with Crippen LogP contribution >= 0.6 is 0 Å². The van der Waals surface area contributed by atoms with Crippen LogP contribution in [0.5, 0.6) is 0 Å². The van der Waals surface area contributed by atoms with Gasteiger partial charge in [-0.05, 0) is 0 Å². The van der Waals surface area contributed by atoms with E-state index in [-0.39, 0.29) is 147 Å². The first-order valence-corrected chi connectivity index (χ1v) is 26.6. The molecule has 0 bridgehead atoms. The van der Waals surface area contributed by atoms with Gasteiger partial charge in [-0.15, -0.1) is 0 Å². The summed E-state index contributed by atoms with van der Waals surface area (Å²) in [5, 5.41) is 0. The van der Waals surface area contributed by atoms with Crippen LogP contribution in [-0.2, 0) is 28.4 Å². The zero-order chi connectivity index (χ0) is 26.1. The fraction of sp³-hybridized carbons (Fsp3) is 0. The Balaban J connectivity index is -0.0000000220. The molecule has 0 aromatic carbocycles. The number of hydrogen-bond acceptors (Lipinski definition) is 22. The van der Waals surface area contributed by atoms with E-state index in [0.717, 1.165) is 0 Å². The van der Waals surface area contributed by atoms with Crippen LogP contribution < -0.4 is 49.1 Å². The second-order valence-corrected chi connectivity index (χ2v) is 11.6. The van der Waals surface area contributed by atoms with E-state index < -0.39 is 142 Å². The first-order valence-electron chi connectivity index (χ1n) is 4.15.